The van der Waals surface area contributed by atoms with E-state index in [1.165, 1.54) is 24.3 Å². The van der Waals surface area contributed by atoms with Crippen LogP contribution in [0.4, 0.5) is 13.2 Å². The molecule has 0 heterocycles. The van der Waals surface area contributed by atoms with Crippen molar-refractivity contribution >= 4 is 11.6 Å². The molecule has 0 aliphatic heterocycles. The van der Waals surface area contributed by atoms with Crippen LogP contribution in [0.2, 0.25) is 5.02 Å². The molecule has 1 unspecified atom stereocenters. The van der Waals surface area contributed by atoms with Gasteiger partial charge in [0.25, 0.3) is 0 Å². The van der Waals surface area contributed by atoms with Crippen LogP contribution in [0.5, 0.6) is 0 Å². The smallest absolute Gasteiger partial charge is 0.142 e. The van der Waals surface area contributed by atoms with Crippen LogP contribution in [-0.2, 0) is 6.54 Å². The van der Waals surface area contributed by atoms with E-state index in [1.807, 2.05) is 6.92 Å². The third kappa shape index (κ3) is 3.52. The van der Waals surface area contributed by atoms with Gasteiger partial charge in [-0.2, -0.15) is 0 Å². The molecule has 0 saturated heterocycles. The zero-order valence-electron chi connectivity index (χ0n) is 10.8. The first-order chi connectivity index (χ1) is 9.47. The van der Waals surface area contributed by atoms with E-state index in [9.17, 15) is 13.2 Å². The Hall–Kier alpha value is -1.52. The summed E-state index contributed by atoms with van der Waals surface area (Å²) in [5, 5.41) is 3.11. The van der Waals surface area contributed by atoms with Gasteiger partial charge in [0.05, 0.1) is 5.02 Å². The summed E-state index contributed by atoms with van der Waals surface area (Å²) in [5.41, 5.74) is 1.06. The van der Waals surface area contributed by atoms with Crippen molar-refractivity contribution in [3.63, 3.8) is 0 Å². The molecule has 106 valence electrons. The molecule has 0 spiro atoms. The van der Waals surface area contributed by atoms with Crippen molar-refractivity contribution in [2.75, 3.05) is 0 Å². The molecule has 1 nitrogen and oxygen atoms in total. The van der Waals surface area contributed by atoms with E-state index in [1.54, 1.807) is 6.07 Å². The quantitative estimate of drug-likeness (QED) is 0.869. The van der Waals surface area contributed by atoms with E-state index in [4.69, 9.17) is 11.6 Å². The second-order valence-electron chi connectivity index (χ2n) is 4.51. The van der Waals surface area contributed by atoms with Crippen LogP contribution >= 0.6 is 11.6 Å². The Morgan fingerprint density at radius 2 is 1.80 bits per heavy atom. The second kappa shape index (κ2) is 6.29. The molecule has 5 heteroatoms. The van der Waals surface area contributed by atoms with Crippen molar-refractivity contribution in [1.29, 1.82) is 0 Å². The fourth-order valence-corrected chi connectivity index (χ4v) is 1.95. The SMILES string of the molecule is CC(NCc1ccc(F)cc1F)c1ccc(Cl)c(F)c1. The van der Waals surface area contributed by atoms with Crippen molar-refractivity contribution in [3.8, 4) is 0 Å². The first-order valence-corrected chi connectivity index (χ1v) is 6.47. The Bertz CT molecular complexity index is 616. The summed E-state index contributed by atoms with van der Waals surface area (Å²) in [6.07, 6.45) is 0. The van der Waals surface area contributed by atoms with Crippen molar-refractivity contribution in [1.82, 2.24) is 5.32 Å². The van der Waals surface area contributed by atoms with Gasteiger partial charge in [0, 0.05) is 24.2 Å². The first-order valence-electron chi connectivity index (χ1n) is 6.09. The Kier molecular flexibility index (Phi) is 4.68. The molecule has 0 aromatic heterocycles. The largest absolute Gasteiger partial charge is 0.306 e. The fraction of sp³-hybridized carbons (Fsp3) is 0.200. The van der Waals surface area contributed by atoms with Gasteiger partial charge in [0.1, 0.15) is 17.5 Å². The van der Waals surface area contributed by atoms with Crippen LogP contribution in [0, 0.1) is 17.5 Å². The van der Waals surface area contributed by atoms with Crippen LogP contribution in [0.25, 0.3) is 0 Å². The highest BCUT2D eigenvalue weighted by Gasteiger charge is 2.10. The van der Waals surface area contributed by atoms with Crippen LogP contribution in [0.15, 0.2) is 36.4 Å². The Morgan fingerprint density at radius 3 is 2.45 bits per heavy atom. The standard InChI is InChI=1S/C15H13ClF3N/c1-9(10-3-5-13(16)15(19)6-10)20-8-11-2-4-12(17)7-14(11)18/h2-7,9,20H,8H2,1H3. The molecule has 1 atom stereocenters. The molecule has 1 N–H and O–H groups in total. The number of hydrogen-bond donors (Lipinski definition) is 1. The zero-order valence-corrected chi connectivity index (χ0v) is 11.5. The highest BCUT2D eigenvalue weighted by atomic mass is 35.5. The van der Waals surface area contributed by atoms with E-state index in [2.05, 4.69) is 5.32 Å². The van der Waals surface area contributed by atoms with Crippen molar-refractivity contribution < 1.29 is 13.2 Å². The number of hydrogen-bond acceptors (Lipinski definition) is 1. The van der Waals surface area contributed by atoms with Crippen LogP contribution in [0.1, 0.15) is 24.1 Å². The molecule has 0 bridgehead atoms. The summed E-state index contributed by atoms with van der Waals surface area (Å²) < 4.78 is 39.6. The maximum absolute atomic E-state index is 13.5. The summed E-state index contributed by atoms with van der Waals surface area (Å²) in [7, 11) is 0. The van der Waals surface area contributed by atoms with Crippen molar-refractivity contribution in [3.05, 3.63) is 70.0 Å². The highest BCUT2D eigenvalue weighted by Crippen LogP contribution is 2.20. The molecule has 0 saturated carbocycles. The topological polar surface area (TPSA) is 12.0 Å². The zero-order chi connectivity index (χ0) is 14.7. The minimum Gasteiger partial charge on any atom is -0.306 e. The van der Waals surface area contributed by atoms with Crippen LogP contribution in [0.3, 0.4) is 0 Å². The average Bonchev–Trinajstić information content (AvgIpc) is 2.40. The second-order valence-corrected chi connectivity index (χ2v) is 4.92. The summed E-state index contributed by atoms with van der Waals surface area (Å²) in [6, 6.07) is 7.74. The maximum Gasteiger partial charge on any atom is 0.142 e. The van der Waals surface area contributed by atoms with Crippen LogP contribution < -0.4 is 5.32 Å². The van der Waals surface area contributed by atoms with Gasteiger partial charge in [-0.15, -0.1) is 0 Å². The van der Waals surface area contributed by atoms with E-state index >= 15 is 0 Å². The van der Waals surface area contributed by atoms with Gasteiger partial charge in [0.15, 0.2) is 0 Å². The van der Waals surface area contributed by atoms with E-state index in [0.29, 0.717) is 11.1 Å². The lowest BCUT2D eigenvalue weighted by Crippen LogP contribution is -2.19. The lowest BCUT2D eigenvalue weighted by atomic mass is 10.1. The van der Waals surface area contributed by atoms with Gasteiger partial charge >= 0.3 is 0 Å². The van der Waals surface area contributed by atoms with Gasteiger partial charge in [0.2, 0.25) is 0 Å². The van der Waals surface area contributed by atoms with Crippen LogP contribution in [-0.4, -0.2) is 0 Å². The van der Waals surface area contributed by atoms with Gasteiger partial charge < -0.3 is 5.32 Å². The average molecular weight is 300 g/mol. The lowest BCUT2D eigenvalue weighted by molar-refractivity contribution is 0.531. The van der Waals surface area contributed by atoms with Gasteiger partial charge in [-0.1, -0.05) is 23.7 Å². The lowest BCUT2D eigenvalue weighted by Gasteiger charge is -2.15. The molecular formula is C15H13ClF3N. The molecule has 2 aromatic carbocycles. The van der Waals surface area contributed by atoms with Gasteiger partial charge in [-0.25, -0.2) is 13.2 Å². The Labute approximate surface area is 120 Å². The third-order valence-corrected chi connectivity index (χ3v) is 3.36. The molecule has 2 aromatic rings. The van der Waals surface area contributed by atoms with Crippen molar-refractivity contribution in [2.24, 2.45) is 0 Å². The number of benzene rings is 2. The molecule has 0 radical (unpaired) electrons. The minimum absolute atomic E-state index is 0.0607. The molecule has 2 rings (SSSR count). The van der Waals surface area contributed by atoms with Gasteiger partial charge in [-0.05, 0) is 30.7 Å². The molecule has 20 heavy (non-hydrogen) atoms. The summed E-state index contributed by atoms with van der Waals surface area (Å²) in [4.78, 5) is 0. The number of rotatable bonds is 4. The van der Waals surface area contributed by atoms with E-state index < -0.39 is 17.5 Å². The fourth-order valence-electron chi connectivity index (χ4n) is 1.83. The van der Waals surface area contributed by atoms with E-state index in [-0.39, 0.29) is 17.6 Å². The summed E-state index contributed by atoms with van der Waals surface area (Å²) in [6.45, 7) is 2.04. The molecule has 0 amide bonds. The predicted molar refractivity (Wildman–Crippen MR) is 73.0 cm³/mol. The summed E-state index contributed by atoms with van der Waals surface area (Å²) >= 11 is 5.61. The number of halogens is 4. The number of nitrogens with one attached hydrogen (secondary N) is 1. The Morgan fingerprint density at radius 1 is 1.05 bits per heavy atom. The molecule has 0 aliphatic rings. The monoisotopic (exact) mass is 299 g/mol. The minimum atomic E-state index is -0.612. The Balaban J connectivity index is 2.04. The molecular weight excluding hydrogens is 287 g/mol. The van der Waals surface area contributed by atoms with Crippen molar-refractivity contribution in [2.45, 2.75) is 19.5 Å². The first kappa shape index (κ1) is 14.9. The van der Waals surface area contributed by atoms with E-state index in [0.717, 1.165) is 6.07 Å². The normalized spacial score (nSPS) is 12.4. The predicted octanol–water partition coefficient (Wildman–Crippen LogP) is 4.61. The molecule has 0 fully saturated rings. The summed E-state index contributed by atoms with van der Waals surface area (Å²) in [5.74, 6) is -1.71. The van der Waals surface area contributed by atoms with Gasteiger partial charge in [-0.3, -0.25) is 0 Å². The third-order valence-electron chi connectivity index (χ3n) is 3.06. The molecule has 0 aliphatic carbocycles. The maximum atomic E-state index is 13.5. The highest BCUT2D eigenvalue weighted by molar-refractivity contribution is 6.30.